The van der Waals surface area contributed by atoms with E-state index in [-0.39, 0.29) is 22.7 Å². The highest BCUT2D eigenvalue weighted by atomic mass is 32.2. The number of rotatable bonds is 8. The molecule has 134 valence electrons. The van der Waals surface area contributed by atoms with Crippen molar-refractivity contribution in [3.05, 3.63) is 35.9 Å². The summed E-state index contributed by atoms with van der Waals surface area (Å²) >= 11 is 1.48. The van der Waals surface area contributed by atoms with Gasteiger partial charge in [0.05, 0.1) is 17.3 Å². The van der Waals surface area contributed by atoms with Crippen molar-refractivity contribution in [1.29, 1.82) is 0 Å². The van der Waals surface area contributed by atoms with Crippen LogP contribution in [-0.2, 0) is 21.2 Å². The number of carbonyl (C=O) groups excluding carboxylic acids is 1. The fraction of sp³-hybridized carbons (Fsp3) is 0.588. The summed E-state index contributed by atoms with van der Waals surface area (Å²) in [5, 5.41) is 0.0615. The Morgan fingerprint density at radius 2 is 1.92 bits per heavy atom. The lowest BCUT2D eigenvalue weighted by Crippen LogP contribution is -2.37. The smallest absolute Gasteiger partial charge is 0.232 e. The lowest BCUT2D eigenvalue weighted by Gasteiger charge is -2.25. The summed E-state index contributed by atoms with van der Waals surface area (Å²) in [5.74, 6) is 0.893. The number of likely N-dealkylation sites (N-methyl/N-ethyl adjacent to an activating group) is 1. The number of benzene rings is 1. The Morgan fingerprint density at radius 3 is 2.50 bits per heavy atom. The highest BCUT2D eigenvalue weighted by molar-refractivity contribution is 8.02. The van der Waals surface area contributed by atoms with Crippen LogP contribution in [0.25, 0.3) is 0 Å². The quantitative estimate of drug-likeness (QED) is 0.694. The molecule has 0 aliphatic carbocycles. The Balaban J connectivity index is 1.91. The van der Waals surface area contributed by atoms with Gasteiger partial charge in [-0.2, -0.15) is 0 Å². The number of nitrogens with zero attached hydrogens (tertiary/aromatic N) is 2. The van der Waals surface area contributed by atoms with E-state index < -0.39 is 9.84 Å². The van der Waals surface area contributed by atoms with Gasteiger partial charge in [0.15, 0.2) is 9.84 Å². The third-order valence-corrected chi connectivity index (χ3v) is 7.29. The fourth-order valence-corrected chi connectivity index (χ4v) is 6.13. The number of carbonyl (C=O) groups is 1. The molecular weight excluding hydrogens is 344 g/mol. The molecule has 1 aromatic carbocycles. The lowest BCUT2D eigenvalue weighted by molar-refractivity contribution is -0.129. The molecule has 1 aliphatic rings. The predicted molar refractivity (Wildman–Crippen MR) is 99.9 cm³/mol. The van der Waals surface area contributed by atoms with Crippen LogP contribution in [0, 0.1) is 0 Å². The average Bonchev–Trinajstić information content (AvgIpc) is 2.89. The first-order valence-electron chi connectivity index (χ1n) is 8.14. The summed E-state index contributed by atoms with van der Waals surface area (Å²) in [6.45, 7) is 2.07. The maximum Gasteiger partial charge on any atom is 0.232 e. The average molecular weight is 371 g/mol. The standard InChI is InChI=1S/C17H26N2O3S2/c1-18(2)9-10-19(12-15-6-4-3-5-7-15)17(20)13-23-16-8-11-24(21,22)14-16/h3-7,16H,8-14H2,1-2H3. The molecule has 1 aliphatic heterocycles. The Hall–Kier alpha value is -1.05. The number of hydrogen-bond donors (Lipinski definition) is 0. The first-order chi connectivity index (χ1) is 11.4. The molecule has 0 spiro atoms. The van der Waals surface area contributed by atoms with Gasteiger partial charge < -0.3 is 9.80 Å². The van der Waals surface area contributed by atoms with E-state index in [9.17, 15) is 13.2 Å². The molecule has 24 heavy (non-hydrogen) atoms. The second kappa shape index (κ2) is 8.87. The summed E-state index contributed by atoms with van der Waals surface area (Å²) in [7, 11) is 1.09. The minimum absolute atomic E-state index is 0.0615. The topological polar surface area (TPSA) is 57.7 Å². The van der Waals surface area contributed by atoms with Crippen LogP contribution in [0.2, 0.25) is 0 Å². The van der Waals surface area contributed by atoms with Gasteiger partial charge in [0.2, 0.25) is 5.91 Å². The van der Waals surface area contributed by atoms with Crippen LogP contribution < -0.4 is 0 Å². The maximum atomic E-state index is 12.6. The summed E-state index contributed by atoms with van der Waals surface area (Å²) in [5.41, 5.74) is 1.11. The summed E-state index contributed by atoms with van der Waals surface area (Å²) in [6.07, 6.45) is 0.663. The number of hydrogen-bond acceptors (Lipinski definition) is 5. The highest BCUT2D eigenvalue weighted by Gasteiger charge is 2.29. The van der Waals surface area contributed by atoms with E-state index in [2.05, 4.69) is 4.90 Å². The van der Waals surface area contributed by atoms with Crippen molar-refractivity contribution >= 4 is 27.5 Å². The summed E-state index contributed by atoms with van der Waals surface area (Å²) < 4.78 is 23.0. The zero-order valence-corrected chi connectivity index (χ0v) is 16.0. The summed E-state index contributed by atoms with van der Waals surface area (Å²) in [4.78, 5) is 16.5. The van der Waals surface area contributed by atoms with Crippen molar-refractivity contribution in [3.8, 4) is 0 Å². The van der Waals surface area contributed by atoms with E-state index in [4.69, 9.17) is 0 Å². The van der Waals surface area contributed by atoms with Crippen LogP contribution >= 0.6 is 11.8 Å². The van der Waals surface area contributed by atoms with Crippen LogP contribution in [0.4, 0.5) is 0 Å². The third kappa shape index (κ3) is 6.45. The van der Waals surface area contributed by atoms with Gasteiger partial charge in [0.25, 0.3) is 0 Å². The van der Waals surface area contributed by atoms with Crippen molar-refractivity contribution in [2.75, 3.05) is 44.4 Å². The zero-order valence-electron chi connectivity index (χ0n) is 14.3. The Bertz CT molecular complexity index is 632. The minimum Gasteiger partial charge on any atom is -0.336 e. The van der Waals surface area contributed by atoms with Gasteiger partial charge in [-0.3, -0.25) is 4.79 Å². The molecule has 0 radical (unpaired) electrons. The second-order valence-corrected chi connectivity index (χ2v) is 9.96. The number of sulfone groups is 1. The maximum absolute atomic E-state index is 12.6. The van der Waals surface area contributed by atoms with Crippen LogP contribution in [-0.4, -0.2) is 73.8 Å². The number of amides is 1. The Morgan fingerprint density at radius 1 is 1.21 bits per heavy atom. The number of thioether (sulfide) groups is 1. The molecule has 0 N–H and O–H groups in total. The van der Waals surface area contributed by atoms with Gasteiger partial charge in [-0.25, -0.2) is 8.42 Å². The molecule has 1 saturated heterocycles. The molecule has 1 fully saturated rings. The van der Waals surface area contributed by atoms with E-state index in [0.29, 0.717) is 25.3 Å². The van der Waals surface area contributed by atoms with Crippen molar-refractivity contribution in [2.45, 2.75) is 18.2 Å². The zero-order chi connectivity index (χ0) is 17.6. The normalized spacial score (nSPS) is 19.5. The van der Waals surface area contributed by atoms with E-state index in [0.717, 1.165) is 12.1 Å². The molecule has 1 heterocycles. The van der Waals surface area contributed by atoms with E-state index in [1.165, 1.54) is 11.8 Å². The molecule has 1 atom stereocenters. The van der Waals surface area contributed by atoms with Gasteiger partial charge in [-0.1, -0.05) is 30.3 Å². The largest absolute Gasteiger partial charge is 0.336 e. The molecule has 0 aromatic heterocycles. The Kier molecular flexibility index (Phi) is 7.13. The molecule has 7 heteroatoms. The van der Waals surface area contributed by atoms with Crippen LogP contribution in [0.5, 0.6) is 0 Å². The van der Waals surface area contributed by atoms with Crippen molar-refractivity contribution in [3.63, 3.8) is 0 Å². The fourth-order valence-electron chi connectivity index (χ4n) is 2.59. The van der Waals surface area contributed by atoms with Crippen molar-refractivity contribution < 1.29 is 13.2 Å². The van der Waals surface area contributed by atoms with Crippen molar-refractivity contribution in [1.82, 2.24) is 9.80 Å². The lowest BCUT2D eigenvalue weighted by atomic mass is 10.2. The second-order valence-electron chi connectivity index (χ2n) is 6.44. The van der Waals surface area contributed by atoms with Gasteiger partial charge in [0, 0.05) is 24.9 Å². The van der Waals surface area contributed by atoms with Gasteiger partial charge in [-0.15, -0.1) is 11.8 Å². The van der Waals surface area contributed by atoms with E-state index in [1.807, 2.05) is 49.3 Å². The van der Waals surface area contributed by atoms with Crippen LogP contribution in [0.15, 0.2) is 30.3 Å². The monoisotopic (exact) mass is 370 g/mol. The van der Waals surface area contributed by atoms with Gasteiger partial charge in [-0.05, 0) is 26.1 Å². The van der Waals surface area contributed by atoms with Crippen LogP contribution in [0.3, 0.4) is 0 Å². The molecule has 1 aromatic rings. The molecular formula is C17H26N2O3S2. The van der Waals surface area contributed by atoms with E-state index in [1.54, 1.807) is 0 Å². The first-order valence-corrected chi connectivity index (χ1v) is 11.0. The molecule has 2 rings (SSSR count). The SMILES string of the molecule is CN(C)CCN(Cc1ccccc1)C(=O)CSC1CCS(=O)(=O)C1. The van der Waals surface area contributed by atoms with Gasteiger partial charge in [0.1, 0.15) is 0 Å². The Labute approximate surface area is 149 Å². The molecule has 1 amide bonds. The van der Waals surface area contributed by atoms with Gasteiger partial charge >= 0.3 is 0 Å². The highest BCUT2D eigenvalue weighted by Crippen LogP contribution is 2.24. The first kappa shape index (κ1) is 19.3. The minimum atomic E-state index is -2.89. The van der Waals surface area contributed by atoms with E-state index >= 15 is 0 Å². The molecule has 5 nitrogen and oxygen atoms in total. The molecule has 0 saturated carbocycles. The molecule has 1 unspecified atom stereocenters. The van der Waals surface area contributed by atoms with Crippen molar-refractivity contribution in [2.24, 2.45) is 0 Å². The summed E-state index contributed by atoms with van der Waals surface area (Å²) in [6, 6.07) is 9.95. The predicted octanol–water partition coefficient (Wildman–Crippen LogP) is 1.50. The molecule has 0 bridgehead atoms. The third-order valence-electron chi connectivity index (χ3n) is 4.02. The van der Waals surface area contributed by atoms with Crippen LogP contribution in [0.1, 0.15) is 12.0 Å².